The highest BCUT2D eigenvalue weighted by Crippen LogP contribution is 2.36. The zero-order chi connectivity index (χ0) is 33.7. The number of imidazole rings is 1. The molecule has 3 heterocycles. The maximum absolute atomic E-state index is 13.4. The summed E-state index contributed by atoms with van der Waals surface area (Å²) in [6.45, 7) is 2.99. The number of benzene rings is 1. The molecule has 3 aromatic heterocycles. The van der Waals surface area contributed by atoms with Crippen molar-refractivity contribution >= 4 is 35.4 Å². The Morgan fingerprint density at radius 3 is 2.59 bits per heavy atom. The van der Waals surface area contributed by atoms with Crippen LogP contribution in [0.15, 0.2) is 43.0 Å². The Labute approximate surface area is 262 Å². The second kappa shape index (κ2) is 16.9. The van der Waals surface area contributed by atoms with E-state index in [0.717, 1.165) is 18.4 Å². The van der Waals surface area contributed by atoms with Crippen LogP contribution in [0.25, 0.3) is 16.9 Å². The molecule has 0 spiro atoms. The number of anilines is 2. The van der Waals surface area contributed by atoms with E-state index in [2.05, 4.69) is 36.1 Å². The van der Waals surface area contributed by atoms with E-state index in [1.807, 2.05) is 13.0 Å². The number of fused-ring (bicyclic) bond motifs is 1. The van der Waals surface area contributed by atoms with Crippen molar-refractivity contribution < 1.29 is 32.7 Å². The van der Waals surface area contributed by atoms with Crippen LogP contribution in [0.4, 0.5) is 24.7 Å². The molecule has 0 fully saturated rings. The van der Waals surface area contributed by atoms with Crippen LogP contribution >= 0.6 is 0 Å². The van der Waals surface area contributed by atoms with Crippen LogP contribution in [-0.4, -0.2) is 73.6 Å². The summed E-state index contributed by atoms with van der Waals surface area (Å²) in [5.41, 5.74) is 12.6. The Kier molecular flexibility index (Phi) is 13.0. The van der Waals surface area contributed by atoms with E-state index in [4.69, 9.17) is 21.4 Å². The monoisotopic (exact) mass is 646 g/mol. The molecule has 0 saturated carbocycles. The summed E-state index contributed by atoms with van der Waals surface area (Å²) in [6, 6.07) is 4.65. The molecule has 0 aliphatic rings. The summed E-state index contributed by atoms with van der Waals surface area (Å²) in [7, 11) is 0. The smallest absolute Gasteiger partial charge is 0.435 e. The van der Waals surface area contributed by atoms with Crippen molar-refractivity contribution in [3.63, 3.8) is 0 Å². The fraction of sp³-hybridized carbons (Fsp3) is 0.379. The first-order valence-electron chi connectivity index (χ1n) is 14.5. The minimum Gasteiger partial charge on any atom is -0.483 e. The summed E-state index contributed by atoms with van der Waals surface area (Å²) in [6.07, 6.45) is 4.15. The lowest BCUT2D eigenvalue weighted by Gasteiger charge is -2.14. The number of nitrogens with one attached hydrogen (secondary N) is 4. The van der Waals surface area contributed by atoms with Crippen LogP contribution < -0.4 is 27.4 Å². The molecule has 0 aliphatic carbocycles. The summed E-state index contributed by atoms with van der Waals surface area (Å²) in [5.74, 6) is -0.137. The number of hydrogen-bond donors (Lipinski definition) is 7. The van der Waals surface area contributed by atoms with Gasteiger partial charge in [0.15, 0.2) is 17.2 Å². The normalized spacial score (nSPS) is 11.8. The lowest BCUT2D eigenvalue weighted by molar-refractivity contribution is -0.140. The lowest BCUT2D eigenvalue weighted by Crippen LogP contribution is -2.41. The quantitative estimate of drug-likeness (QED) is 0.0785. The van der Waals surface area contributed by atoms with E-state index in [0.29, 0.717) is 61.6 Å². The van der Waals surface area contributed by atoms with Crippen molar-refractivity contribution in [2.24, 2.45) is 11.5 Å². The number of amides is 2. The lowest BCUT2D eigenvalue weighted by atomic mass is 10.0. The fourth-order valence-electron chi connectivity index (χ4n) is 4.60. The molecule has 0 aliphatic heterocycles. The summed E-state index contributed by atoms with van der Waals surface area (Å²) < 4.78 is 41.7. The number of H-pyrrole nitrogens is 1. The molecule has 0 bridgehead atoms. The van der Waals surface area contributed by atoms with Gasteiger partial charge in [-0.2, -0.15) is 18.3 Å². The molecule has 0 unspecified atom stereocenters. The Balaban J connectivity index is 0.00000185. The van der Waals surface area contributed by atoms with Gasteiger partial charge >= 0.3 is 6.18 Å². The number of nitrogens with zero attached hydrogens (tertiary/aromatic N) is 4. The number of unbranched alkanes of at least 4 members (excludes halogenated alkanes) is 1. The molecule has 1 aromatic carbocycles. The molecule has 4 rings (SSSR count). The molecule has 1 atom stereocenters. The van der Waals surface area contributed by atoms with Crippen molar-refractivity contribution in [1.29, 1.82) is 0 Å². The van der Waals surface area contributed by atoms with Crippen molar-refractivity contribution in [3.05, 3.63) is 59.8 Å². The summed E-state index contributed by atoms with van der Waals surface area (Å²) in [4.78, 5) is 41.9. The number of aromatic amines is 1. The minimum absolute atomic E-state index is 0.134. The fourth-order valence-corrected chi connectivity index (χ4v) is 4.60. The molecule has 14 nitrogen and oxygen atoms in total. The first-order chi connectivity index (χ1) is 22.0. The van der Waals surface area contributed by atoms with E-state index in [1.165, 1.54) is 29.2 Å². The highest BCUT2D eigenvalue weighted by atomic mass is 19.4. The molecule has 2 amide bonds. The van der Waals surface area contributed by atoms with Crippen LogP contribution in [0.3, 0.4) is 0 Å². The molecular weight excluding hydrogens is 609 g/mol. The molecule has 4 aromatic rings. The molecular formula is C29H37F3N10O4. The van der Waals surface area contributed by atoms with E-state index in [9.17, 15) is 22.8 Å². The first kappa shape index (κ1) is 35.4. The first-order valence-corrected chi connectivity index (χ1v) is 14.5. The van der Waals surface area contributed by atoms with Gasteiger partial charge in [0.2, 0.25) is 5.91 Å². The Morgan fingerprint density at radius 2 is 1.89 bits per heavy atom. The van der Waals surface area contributed by atoms with Crippen LogP contribution in [0.1, 0.15) is 54.2 Å². The molecule has 46 heavy (non-hydrogen) atoms. The zero-order valence-electron chi connectivity index (χ0n) is 25.1. The number of hydrogen-bond acceptors (Lipinski definition) is 9. The number of rotatable bonds is 14. The number of carbonyl (C=O) groups excluding carboxylic acids is 2. The van der Waals surface area contributed by atoms with Gasteiger partial charge in [-0.05, 0) is 56.0 Å². The highest BCUT2D eigenvalue weighted by Gasteiger charge is 2.37. The third-order valence-corrected chi connectivity index (χ3v) is 6.85. The molecule has 0 radical (unpaired) electrons. The Hall–Kier alpha value is -5.03. The molecule has 9 N–H and O–H groups in total. The minimum atomic E-state index is -4.63. The number of carboxylic acid groups (broad SMARTS) is 1. The predicted octanol–water partition coefficient (Wildman–Crippen LogP) is 2.84. The van der Waals surface area contributed by atoms with Crippen molar-refractivity contribution in [1.82, 2.24) is 35.2 Å². The van der Waals surface area contributed by atoms with Crippen LogP contribution in [0, 0.1) is 0 Å². The van der Waals surface area contributed by atoms with Gasteiger partial charge in [0.1, 0.15) is 0 Å². The van der Waals surface area contributed by atoms with E-state index < -0.39 is 17.9 Å². The second-order valence-electron chi connectivity index (χ2n) is 10.0. The van der Waals surface area contributed by atoms with Gasteiger partial charge in [-0.1, -0.05) is 13.3 Å². The predicted molar refractivity (Wildman–Crippen MR) is 164 cm³/mol. The number of aromatic nitrogens is 5. The summed E-state index contributed by atoms with van der Waals surface area (Å²) in [5, 5.41) is 21.3. The van der Waals surface area contributed by atoms with Crippen molar-refractivity contribution in [3.8, 4) is 11.3 Å². The third-order valence-electron chi connectivity index (χ3n) is 6.85. The summed E-state index contributed by atoms with van der Waals surface area (Å²) >= 11 is 0. The largest absolute Gasteiger partial charge is 0.483 e. The van der Waals surface area contributed by atoms with E-state index in [1.54, 1.807) is 12.1 Å². The van der Waals surface area contributed by atoms with E-state index >= 15 is 0 Å². The van der Waals surface area contributed by atoms with Gasteiger partial charge in [-0.25, -0.2) is 9.97 Å². The number of carbonyl (C=O) groups is 3. The molecule has 0 saturated heterocycles. The number of halogens is 3. The van der Waals surface area contributed by atoms with Crippen LogP contribution in [0.2, 0.25) is 0 Å². The zero-order valence-corrected chi connectivity index (χ0v) is 25.1. The van der Waals surface area contributed by atoms with Gasteiger partial charge in [-0.15, -0.1) is 0 Å². The highest BCUT2D eigenvalue weighted by molar-refractivity contribution is 5.96. The van der Waals surface area contributed by atoms with Gasteiger partial charge in [0.05, 0.1) is 23.5 Å². The van der Waals surface area contributed by atoms with Crippen molar-refractivity contribution in [2.45, 2.75) is 51.2 Å². The SMILES string of the molecule is CCc1cc(Nc2nccn3c(-c4c[nH]nc4C(F)(F)F)cnc23)ccc1C(=O)NCCCNC(=O)[C@@H](N)CCCCN.O=CO. The van der Waals surface area contributed by atoms with Crippen LogP contribution in [0.5, 0.6) is 0 Å². The second-order valence-corrected chi connectivity index (χ2v) is 10.0. The van der Waals surface area contributed by atoms with Gasteiger partial charge in [0.25, 0.3) is 12.4 Å². The average molecular weight is 647 g/mol. The van der Waals surface area contributed by atoms with Gasteiger partial charge in [0, 0.05) is 42.9 Å². The van der Waals surface area contributed by atoms with Crippen molar-refractivity contribution in [2.75, 3.05) is 25.0 Å². The number of alkyl halides is 3. The van der Waals surface area contributed by atoms with Gasteiger partial charge in [-0.3, -0.25) is 23.9 Å². The van der Waals surface area contributed by atoms with Crippen LogP contribution in [-0.2, 0) is 22.2 Å². The molecule has 248 valence electrons. The Morgan fingerprint density at radius 1 is 1.15 bits per heavy atom. The topological polar surface area (TPSA) is 218 Å². The number of aryl methyl sites for hydroxylation is 1. The van der Waals surface area contributed by atoms with E-state index in [-0.39, 0.29) is 29.5 Å². The van der Waals surface area contributed by atoms with Gasteiger partial charge < -0.3 is 32.5 Å². The number of nitrogens with two attached hydrogens (primary N) is 2. The standard InChI is InChI=1S/C28H35F3N10O2.CH2O2/c1-2-17-14-18(7-8-19(17)26(42)35-10-5-11-36-27(43)21(33)6-3-4-9-32)39-24-25-37-16-22(41(25)13-12-34-24)20-15-38-40-23(20)28(29,30)31;2-1-3/h7-8,12-16,21H,2-6,9-11,32-33H2,1H3,(H,34,39)(H,35,42)(H,36,43)(H,38,40);1H,(H,2,3)/t21-;/m0./s1. The third kappa shape index (κ3) is 9.24. The Bertz CT molecular complexity index is 1610. The maximum Gasteiger partial charge on any atom is 0.435 e. The maximum atomic E-state index is 13.4. The molecule has 17 heteroatoms. The average Bonchev–Trinajstić information content (AvgIpc) is 3.69.